The lowest BCUT2D eigenvalue weighted by Crippen LogP contribution is -2.52. The molecule has 1 amide bonds. The fourth-order valence-corrected chi connectivity index (χ4v) is 2.12. The van der Waals surface area contributed by atoms with Crippen molar-refractivity contribution < 1.29 is 4.79 Å². The van der Waals surface area contributed by atoms with E-state index in [1.54, 1.807) is 0 Å². The van der Waals surface area contributed by atoms with Crippen LogP contribution in [0.1, 0.15) is 33.1 Å². The Hall–Kier alpha value is -0.610. The lowest BCUT2D eigenvalue weighted by molar-refractivity contribution is -0.136. The number of rotatable bonds is 7. The Kier molecular flexibility index (Phi) is 6.52. The second-order valence-electron chi connectivity index (χ2n) is 4.87. The van der Waals surface area contributed by atoms with Crippen molar-refractivity contribution in [2.75, 3.05) is 39.8 Å². The Balaban J connectivity index is 2.36. The zero-order valence-corrected chi connectivity index (χ0v) is 11.5. The normalized spacial score (nSPS) is 21.3. The van der Waals surface area contributed by atoms with Crippen molar-refractivity contribution in [3.8, 4) is 0 Å². The maximum atomic E-state index is 12.2. The van der Waals surface area contributed by atoms with Gasteiger partial charge >= 0.3 is 0 Å². The zero-order valence-electron chi connectivity index (χ0n) is 11.5. The molecular formula is C13H27N3O. The first-order valence-electron chi connectivity index (χ1n) is 6.89. The Labute approximate surface area is 105 Å². The van der Waals surface area contributed by atoms with Crippen LogP contribution in [0.2, 0.25) is 0 Å². The largest absolute Gasteiger partial charge is 0.340 e. The average Bonchev–Trinajstić information content (AvgIpc) is 2.35. The fourth-order valence-electron chi connectivity index (χ4n) is 2.12. The fraction of sp³-hybridized carbons (Fsp3) is 0.923. The van der Waals surface area contributed by atoms with Gasteiger partial charge in [-0.25, -0.2) is 0 Å². The molecule has 0 saturated carbocycles. The predicted octanol–water partition coefficient (Wildman–Crippen LogP) is 0.929. The van der Waals surface area contributed by atoms with Crippen molar-refractivity contribution in [1.82, 2.24) is 15.1 Å². The minimum Gasteiger partial charge on any atom is -0.340 e. The van der Waals surface area contributed by atoms with Gasteiger partial charge in [0.1, 0.15) is 0 Å². The van der Waals surface area contributed by atoms with Gasteiger partial charge in [-0.05, 0) is 39.4 Å². The quantitative estimate of drug-likeness (QED) is 0.720. The number of likely N-dealkylation sites (tertiary alicyclic amines) is 1. The van der Waals surface area contributed by atoms with Crippen molar-refractivity contribution in [3.05, 3.63) is 0 Å². The SMILES string of the molecule is CCCNC1CCCN(CCN(C)CC)C1=O. The first kappa shape index (κ1) is 14.5. The van der Waals surface area contributed by atoms with Crippen LogP contribution in [0.5, 0.6) is 0 Å². The number of carbonyl (C=O) groups excluding carboxylic acids is 1. The molecule has 0 radical (unpaired) electrons. The molecule has 1 unspecified atom stereocenters. The minimum absolute atomic E-state index is 0.0654. The molecule has 1 atom stereocenters. The Morgan fingerprint density at radius 3 is 2.88 bits per heavy atom. The van der Waals surface area contributed by atoms with E-state index >= 15 is 0 Å². The van der Waals surface area contributed by atoms with Gasteiger partial charge in [0.25, 0.3) is 0 Å². The van der Waals surface area contributed by atoms with Gasteiger partial charge in [0, 0.05) is 19.6 Å². The molecule has 0 aromatic rings. The summed E-state index contributed by atoms with van der Waals surface area (Å²) in [5, 5.41) is 3.35. The van der Waals surface area contributed by atoms with Crippen molar-refractivity contribution in [2.24, 2.45) is 0 Å². The number of piperidine rings is 1. The first-order chi connectivity index (χ1) is 8.19. The van der Waals surface area contributed by atoms with Gasteiger partial charge in [-0.15, -0.1) is 0 Å². The molecule has 1 N–H and O–H groups in total. The Morgan fingerprint density at radius 1 is 1.47 bits per heavy atom. The van der Waals surface area contributed by atoms with Gasteiger partial charge in [-0.1, -0.05) is 13.8 Å². The van der Waals surface area contributed by atoms with E-state index in [2.05, 4.69) is 31.1 Å². The van der Waals surface area contributed by atoms with E-state index in [0.717, 1.165) is 52.0 Å². The molecule has 0 aromatic heterocycles. The molecule has 100 valence electrons. The summed E-state index contributed by atoms with van der Waals surface area (Å²) in [5.41, 5.74) is 0. The smallest absolute Gasteiger partial charge is 0.239 e. The maximum Gasteiger partial charge on any atom is 0.239 e. The second kappa shape index (κ2) is 7.67. The van der Waals surface area contributed by atoms with Crippen LogP contribution in [0.15, 0.2) is 0 Å². The minimum atomic E-state index is 0.0654. The van der Waals surface area contributed by atoms with Crippen molar-refractivity contribution in [1.29, 1.82) is 0 Å². The lowest BCUT2D eigenvalue weighted by Gasteiger charge is -2.33. The van der Waals surface area contributed by atoms with E-state index in [-0.39, 0.29) is 6.04 Å². The highest BCUT2D eigenvalue weighted by atomic mass is 16.2. The summed E-state index contributed by atoms with van der Waals surface area (Å²) < 4.78 is 0. The number of carbonyl (C=O) groups is 1. The van der Waals surface area contributed by atoms with Crippen LogP contribution in [0.25, 0.3) is 0 Å². The zero-order chi connectivity index (χ0) is 12.7. The molecule has 4 heteroatoms. The van der Waals surface area contributed by atoms with Crippen LogP contribution in [-0.2, 0) is 4.79 Å². The predicted molar refractivity (Wildman–Crippen MR) is 71.1 cm³/mol. The highest BCUT2D eigenvalue weighted by molar-refractivity contribution is 5.82. The molecule has 4 nitrogen and oxygen atoms in total. The Bertz CT molecular complexity index is 233. The standard InChI is InChI=1S/C13H27N3O/c1-4-8-14-12-7-6-9-16(13(12)17)11-10-15(3)5-2/h12,14H,4-11H2,1-3H3. The van der Waals surface area contributed by atoms with Crippen LogP contribution in [0.4, 0.5) is 0 Å². The van der Waals surface area contributed by atoms with Crippen LogP contribution in [0.3, 0.4) is 0 Å². The maximum absolute atomic E-state index is 12.2. The first-order valence-corrected chi connectivity index (χ1v) is 6.89. The van der Waals surface area contributed by atoms with Crippen LogP contribution in [-0.4, -0.2) is 61.5 Å². The highest BCUT2D eigenvalue weighted by Crippen LogP contribution is 2.11. The number of hydrogen-bond acceptors (Lipinski definition) is 3. The van der Waals surface area contributed by atoms with Crippen molar-refractivity contribution in [3.63, 3.8) is 0 Å². The van der Waals surface area contributed by atoms with Crippen LogP contribution >= 0.6 is 0 Å². The molecule has 17 heavy (non-hydrogen) atoms. The summed E-state index contributed by atoms with van der Waals surface area (Å²) in [6, 6.07) is 0.0654. The van der Waals surface area contributed by atoms with Gasteiger partial charge in [0.05, 0.1) is 6.04 Å². The molecule has 1 heterocycles. The van der Waals surface area contributed by atoms with Gasteiger partial charge in [-0.3, -0.25) is 4.79 Å². The number of nitrogens with zero attached hydrogens (tertiary/aromatic N) is 2. The molecule has 0 bridgehead atoms. The van der Waals surface area contributed by atoms with Crippen LogP contribution in [0, 0.1) is 0 Å². The molecular weight excluding hydrogens is 214 g/mol. The summed E-state index contributed by atoms with van der Waals surface area (Å²) in [7, 11) is 2.10. The summed E-state index contributed by atoms with van der Waals surface area (Å²) >= 11 is 0. The van der Waals surface area contributed by atoms with Gasteiger partial charge in [0.15, 0.2) is 0 Å². The Morgan fingerprint density at radius 2 is 2.24 bits per heavy atom. The topological polar surface area (TPSA) is 35.6 Å². The molecule has 1 aliphatic heterocycles. The number of nitrogens with one attached hydrogen (secondary N) is 1. The monoisotopic (exact) mass is 241 g/mol. The van der Waals surface area contributed by atoms with Crippen molar-refractivity contribution in [2.45, 2.75) is 39.2 Å². The van der Waals surface area contributed by atoms with Gasteiger partial charge in [0.2, 0.25) is 5.91 Å². The van der Waals surface area contributed by atoms with E-state index in [9.17, 15) is 4.79 Å². The highest BCUT2D eigenvalue weighted by Gasteiger charge is 2.27. The van der Waals surface area contributed by atoms with E-state index < -0.39 is 0 Å². The van der Waals surface area contributed by atoms with E-state index in [1.165, 1.54) is 0 Å². The molecule has 0 spiro atoms. The van der Waals surface area contributed by atoms with Crippen LogP contribution < -0.4 is 5.32 Å². The third-order valence-electron chi connectivity index (χ3n) is 3.46. The number of amides is 1. The summed E-state index contributed by atoms with van der Waals surface area (Å²) in [6.07, 6.45) is 3.21. The van der Waals surface area contributed by atoms with E-state index in [1.807, 2.05) is 4.90 Å². The number of hydrogen-bond donors (Lipinski definition) is 1. The molecule has 1 fully saturated rings. The van der Waals surface area contributed by atoms with Crippen molar-refractivity contribution >= 4 is 5.91 Å². The second-order valence-corrected chi connectivity index (χ2v) is 4.87. The third kappa shape index (κ3) is 4.64. The summed E-state index contributed by atoms with van der Waals surface area (Å²) in [5.74, 6) is 0.300. The molecule has 0 aliphatic carbocycles. The molecule has 1 rings (SSSR count). The van der Waals surface area contributed by atoms with Gasteiger partial charge < -0.3 is 15.1 Å². The third-order valence-corrected chi connectivity index (χ3v) is 3.46. The number of likely N-dealkylation sites (N-methyl/N-ethyl adjacent to an activating group) is 1. The summed E-state index contributed by atoms with van der Waals surface area (Å²) in [6.45, 7) is 9.04. The molecule has 1 aliphatic rings. The average molecular weight is 241 g/mol. The van der Waals surface area contributed by atoms with E-state index in [4.69, 9.17) is 0 Å². The molecule has 0 aromatic carbocycles. The van der Waals surface area contributed by atoms with Gasteiger partial charge in [-0.2, -0.15) is 0 Å². The summed E-state index contributed by atoms with van der Waals surface area (Å²) in [4.78, 5) is 16.4. The van der Waals surface area contributed by atoms with E-state index in [0.29, 0.717) is 5.91 Å². The lowest BCUT2D eigenvalue weighted by atomic mass is 10.0. The molecule has 1 saturated heterocycles.